The Morgan fingerprint density at radius 3 is 2.89 bits per heavy atom. The van der Waals surface area contributed by atoms with Gasteiger partial charge in [-0.05, 0) is 36.1 Å². The second-order valence-corrected chi connectivity index (χ2v) is 5.93. The molecule has 102 valence electrons. The number of thiophene rings is 1. The number of nitrogens with one attached hydrogen (secondary N) is 1. The molecule has 0 spiro atoms. The van der Waals surface area contributed by atoms with E-state index in [1.54, 1.807) is 29.5 Å². The number of halogens is 1. The molecule has 0 fully saturated rings. The van der Waals surface area contributed by atoms with E-state index in [0.29, 0.717) is 23.4 Å². The number of hydrogen-bond donors (Lipinski definition) is 2. The van der Waals surface area contributed by atoms with Crippen LogP contribution in [0, 0.1) is 0 Å². The van der Waals surface area contributed by atoms with Gasteiger partial charge >= 0.3 is 0 Å². The summed E-state index contributed by atoms with van der Waals surface area (Å²) < 4.78 is 0. The van der Waals surface area contributed by atoms with E-state index in [2.05, 4.69) is 29.8 Å². The van der Waals surface area contributed by atoms with Crippen LogP contribution < -0.4 is 5.32 Å². The summed E-state index contributed by atoms with van der Waals surface area (Å²) >= 11 is 7.72. The number of phenolic OH excluding ortho intramolecular Hbond substituents is 1. The molecule has 19 heavy (non-hydrogen) atoms. The Hall–Kier alpha value is -1.03. The normalized spacial score (nSPS) is 12.5. The smallest absolute Gasteiger partial charge is 0.120 e. The monoisotopic (exact) mass is 295 g/mol. The molecule has 0 saturated heterocycles. The highest BCUT2D eigenvalue weighted by Crippen LogP contribution is 2.26. The van der Waals surface area contributed by atoms with Crippen molar-refractivity contribution >= 4 is 22.9 Å². The zero-order chi connectivity index (χ0) is 13.7. The fraction of sp³-hybridized carbons (Fsp3) is 0.333. The fourth-order valence-corrected chi connectivity index (χ4v) is 3.08. The van der Waals surface area contributed by atoms with Gasteiger partial charge in [0, 0.05) is 28.0 Å². The number of rotatable bonds is 6. The van der Waals surface area contributed by atoms with Gasteiger partial charge in [-0.2, -0.15) is 0 Å². The second-order valence-electron chi connectivity index (χ2n) is 4.51. The molecular weight excluding hydrogens is 278 g/mol. The minimum atomic E-state index is 0.290. The number of hydrogen-bond acceptors (Lipinski definition) is 3. The van der Waals surface area contributed by atoms with Crippen molar-refractivity contribution in [3.05, 3.63) is 51.2 Å². The Morgan fingerprint density at radius 1 is 1.37 bits per heavy atom. The SMILES string of the molecule is CCCC(NCc1cc(Cl)ccc1O)c1cccs1. The molecule has 2 nitrogen and oxygen atoms in total. The lowest BCUT2D eigenvalue weighted by molar-refractivity contribution is 0.452. The van der Waals surface area contributed by atoms with Crippen molar-refractivity contribution in [1.82, 2.24) is 5.32 Å². The molecule has 0 aliphatic carbocycles. The number of aromatic hydroxyl groups is 1. The first-order valence-corrected chi connectivity index (χ1v) is 7.70. The molecule has 0 aliphatic heterocycles. The molecule has 2 rings (SSSR count). The predicted molar refractivity (Wildman–Crippen MR) is 81.9 cm³/mol. The molecule has 1 aromatic carbocycles. The Bertz CT molecular complexity index is 513. The molecule has 1 atom stereocenters. The average molecular weight is 296 g/mol. The minimum absolute atomic E-state index is 0.290. The van der Waals surface area contributed by atoms with E-state index in [4.69, 9.17) is 11.6 Å². The quantitative estimate of drug-likeness (QED) is 0.807. The van der Waals surface area contributed by atoms with Gasteiger partial charge < -0.3 is 10.4 Å². The average Bonchev–Trinajstić information content (AvgIpc) is 2.92. The van der Waals surface area contributed by atoms with Gasteiger partial charge in [-0.1, -0.05) is 31.0 Å². The summed E-state index contributed by atoms with van der Waals surface area (Å²) in [6.45, 7) is 2.80. The lowest BCUT2D eigenvalue weighted by Crippen LogP contribution is -2.20. The van der Waals surface area contributed by atoms with Gasteiger partial charge in [-0.15, -0.1) is 11.3 Å². The summed E-state index contributed by atoms with van der Waals surface area (Å²) in [5.41, 5.74) is 0.838. The molecule has 1 unspecified atom stereocenters. The zero-order valence-electron chi connectivity index (χ0n) is 10.9. The lowest BCUT2D eigenvalue weighted by atomic mass is 10.1. The first-order chi connectivity index (χ1) is 9.20. The van der Waals surface area contributed by atoms with Gasteiger partial charge in [-0.25, -0.2) is 0 Å². The molecule has 1 heterocycles. The molecule has 2 N–H and O–H groups in total. The van der Waals surface area contributed by atoms with Gasteiger partial charge in [0.15, 0.2) is 0 Å². The maximum absolute atomic E-state index is 9.81. The summed E-state index contributed by atoms with van der Waals surface area (Å²) in [7, 11) is 0. The van der Waals surface area contributed by atoms with Gasteiger partial charge in [-0.3, -0.25) is 0 Å². The van der Waals surface area contributed by atoms with E-state index in [0.717, 1.165) is 18.4 Å². The van der Waals surface area contributed by atoms with Crippen molar-refractivity contribution in [2.24, 2.45) is 0 Å². The molecule has 0 bridgehead atoms. The third-order valence-corrected chi connectivity index (χ3v) is 4.27. The minimum Gasteiger partial charge on any atom is -0.508 e. The van der Waals surface area contributed by atoms with E-state index in [-0.39, 0.29) is 0 Å². The highest BCUT2D eigenvalue weighted by Gasteiger charge is 2.12. The van der Waals surface area contributed by atoms with E-state index >= 15 is 0 Å². The maximum Gasteiger partial charge on any atom is 0.120 e. The van der Waals surface area contributed by atoms with Crippen LogP contribution in [0.2, 0.25) is 5.02 Å². The van der Waals surface area contributed by atoms with Gasteiger partial charge in [0.25, 0.3) is 0 Å². The third-order valence-electron chi connectivity index (χ3n) is 3.04. The van der Waals surface area contributed by atoms with Crippen LogP contribution in [-0.2, 0) is 6.54 Å². The van der Waals surface area contributed by atoms with Crippen molar-refractivity contribution in [2.45, 2.75) is 32.4 Å². The van der Waals surface area contributed by atoms with Gasteiger partial charge in [0.1, 0.15) is 5.75 Å². The summed E-state index contributed by atoms with van der Waals surface area (Å²) in [5.74, 6) is 0.290. The molecule has 0 saturated carbocycles. The zero-order valence-corrected chi connectivity index (χ0v) is 12.5. The lowest BCUT2D eigenvalue weighted by Gasteiger charge is -2.17. The van der Waals surface area contributed by atoms with Crippen LogP contribution in [0.5, 0.6) is 5.75 Å². The second kappa shape index (κ2) is 6.94. The van der Waals surface area contributed by atoms with E-state index in [1.807, 2.05) is 0 Å². The van der Waals surface area contributed by atoms with Crippen molar-refractivity contribution in [3.8, 4) is 5.75 Å². The Balaban J connectivity index is 2.04. The Morgan fingerprint density at radius 2 is 2.21 bits per heavy atom. The summed E-state index contributed by atoms with van der Waals surface area (Å²) in [6, 6.07) is 9.70. The van der Waals surface area contributed by atoms with Crippen LogP contribution in [0.15, 0.2) is 35.7 Å². The van der Waals surface area contributed by atoms with Crippen molar-refractivity contribution < 1.29 is 5.11 Å². The van der Waals surface area contributed by atoms with Crippen molar-refractivity contribution in [3.63, 3.8) is 0 Å². The summed E-state index contributed by atoms with van der Waals surface area (Å²) in [6.07, 6.45) is 2.21. The molecule has 0 amide bonds. The first-order valence-electron chi connectivity index (χ1n) is 6.45. The van der Waals surface area contributed by atoms with Crippen LogP contribution in [0.1, 0.15) is 36.2 Å². The fourth-order valence-electron chi connectivity index (χ4n) is 2.05. The van der Waals surface area contributed by atoms with Crippen LogP contribution in [0.4, 0.5) is 0 Å². The maximum atomic E-state index is 9.81. The van der Waals surface area contributed by atoms with Crippen LogP contribution in [-0.4, -0.2) is 5.11 Å². The van der Waals surface area contributed by atoms with Crippen molar-refractivity contribution in [1.29, 1.82) is 0 Å². The number of phenols is 1. The van der Waals surface area contributed by atoms with Crippen molar-refractivity contribution in [2.75, 3.05) is 0 Å². The van der Waals surface area contributed by atoms with Crippen LogP contribution in [0.25, 0.3) is 0 Å². The Labute approximate surface area is 123 Å². The predicted octanol–water partition coefficient (Wildman–Crippen LogP) is 4.74. The van der Waals surface area contributed by atoms with E-state index in [9.17, 15) is 5.11 Å². The highest BCUT2D eigenvalue weighted by atomic mass is 35.5. The largest absolute Gasteiger partial charge is 0.508 e. The molecule has 0 aliphatic rings. The van der Waals surface area contributed by atoms with Crippen LogP contribution in [0.3, 0.4) is 0 Å². The van der Waals surface area contributed by atoms with Gasteiger partial charge in [0.2, 0.25) is 0 Å². The topological polar surface area (TPSA) is 32.3 Å². The summed E-state index contributed by atoms with van der Waals surface area (Å²) in [5, 5.41) is 16.1. The molecule has 2 aromatic rings. The van der Waals surface area contributed by atoms with Crippen LogP contribution >= 0.6 is 22.9 Å². The molecule has 0 radical (unpaired) electrons. The van der Waals surface area contributed by atoms with Gasteiger partial charge in [0.05, 0.1) is 0 Å². The molecule has 4 heteroatoms. The molecular formula is C15H18ClNOS. The van der Waals surface area contributed by atoms with E-state index in [1.165, 1.54) is 4.88 Å². The highest BCUT2D eigenvalue weighted by molar-refractivity contribution is 7.10. The molecule has 1 aromatic heterocycles. The first kappa shape index (κ1) is 14.4. The third kappa shape index (κ3) is 3.96. The number of benzene rings is 1. The Kier molecular flexibility index (Phi) is 5.25. The summed E-state index contributed by atoms with van der Waals surface area (Å²) in [4.78, 5) is 1.34. The standard InChI is InChI=1S/C15H18ClNOS/c1-2-4-13(15-5-3-8-19-15)17-10-11-9-12(16)6-7-14(11)18/h3,5-9,13,17-18H,2,4,10H2,1H3. The van der Waals surface area contributed by atoms with E-state index < -0.39 is 0 Å².